The maximum atomic E-state index is 14.2. The number of halogens is 2. The molecule has 1 fully saturated rings. The van der Waals surface area contributed by atoms with Crippen LogP contribution >= 0.6 is 0 Å². The van der Waals surface area contributed by atoms with Gasteiger partial charge in [-0.1, -0.05) is 6.08 Å². The van der Waals surface area contributed by atoms with E-state index in [4.69, 9.17) is 15.0 Å². The number of hydrogen-bond acceptors (Lipinski definition) is 4. The van der Waals surface area contributed by atoms with E-state index < -0.39 is 35.5 Å². The van der Waals surface area contributed by atoms with E-state index in [0.717, 1.165) is 6.07 Å². The molecule has 0 spiro atoms. The zero-order valence-electron chi connectivity index (χ0n) is 13.7. The smallest absolute Gasteiger partial charge is 0.400 e. The molecule has 0 aliphatic carbocycles. The molecule has 124 valence electrons. The zero-order chi connectivity index (χ0) is 17.4. The van der Waals surface area contributed by atoms with Crippen LogP contribution in [0.5, 0.6) is 0 Å². The molecule has 0 amide bonds. The second kappa shape index (κ2) is 6.15. The molecule has 0 atom stereocenters. The molecule has 1 aromatic carbocycles. The fourth-order valence-corrected chi connectivity index (χ4v) is 2.22. The van der Waals surface area contributed by atoms with Crippen molar-refractivity contribution < 1.29 is 22.9 Å². The van der Waals surface area contributed by atoms with Gasteiger partial charge in [0.05, 0.1) is 16.8 Å². The summed E-state index contributed by atoms with van der Waals surface area (Å²) in [4.78, 5) is 10.8. The van der Waals surface area contributed by atoms with Crippen LogP contribution in [0.2, 0.25) is 0 Å². The van der Waals surface area contributed by atoms with Crippen LogP contribution in [0.15, 0.2) is 17.6 Å². The Morgan fingerprint density at radius 1 is 1.22 bits per heavy atom. The molecule has 7 heteroatoms. The number of hydrogen-bond donors (Lipinski definition) is 1. The normalized spacial score (nSPS) is 20.0. The second-order valence-electron chi connectivity index (χ2n) is 6.49. The van der Waals surface area contributed by atoms with Gasteiger partial charge in [-0.25, -0.2) is 8.78 Å². The number of nitrogens with two attached hydrogens (primary N) is 1. The summed E-state index contributed by atoms with van der Waals surface area (Å²) in [6.45, 7) is 7.65. The van der Waals surface area contributed by atoms with E-state index in [-0.39, 0.29) is 18.4 Å². The molecule has 2 rings (SSSR count). The summed E-state index contributed by atoms with van der Waals surface area (Å²) in [5.74, 6) is -1.83. The fraction of sp³-hybridized carbons (Fsp3) is 0.438. The third kappa shape index (κ3) is 3.22. The first-order valence-corrected chi connectivity index (χ1v) is 7.32. The Balaban J connectivity index is 2.40. The molecule has 1 aromatic rings. The first-order chi connectivity index (χ1) is 10.6. The highest BCUT2D eigenvalue weighted by Crippen LogP contribution is 2.38. The first kappa shape index (κ1) is 17.8. The molecule has 23 heavy (non-hydrogen) atoms. The van der Waals surface area contributed by atoms with E-state index in [2.05, 4.69) is 0 Å². The molecule has 0 aromatic heterocycles. The Hall–Kier alpha value is -1.57. The van der Waals surface area contributed by atoms with Gasteiger partial charge in [-0.15, -0.1) is 0 Å². The molecule has 4 nitrogen and oxygen atoms in total. The lowest BCUT2D eigenvalue weighted by molar-refractivity contribution is 0.00578. The van der Waals surface area contributed by atoms with Gasteiger partial charge in [-0.2, -0.15) is 0 Å². The largest absolute Gasteiger partial charge is 0.491 e. The van der Waals surface area contributed by atoms with Gasteiger partial charge in [0.1, 0.15) is 11.6 Å². The van der Waals surface area contributed by atoms with Crippen molar-refractivity contribution in [3.63, 3.8) is 0 Å². The predicted octanol–water partition coefficient (Wildman–Crippen LogP) is 2.75. The Kier molecular flexibility index (Phi) is 4.75. The Morgan fingerprint density at radius 2 is 1.78 bits per heavy atom. The SMILES string of the molecule is CC1(C)OB(C(=Cc2ccc(F)c(C=O)c2F)CN)OC1(C)C. The van der Waals surface area contributed by atoms with Gasteiger partial charge in [0.15, 0.2) is 6.29 Å². The number of rotatable bonds is 4. The summed E-state index contributed by atoms with van der Waals surface area (Å²) in [6, 6.07) is 2.29. The van der Waals surface area contributed by atoms with Crippen molar-refractivity contribution in [2.45, 2.75) is 38.9 Å². The fourth-order valence-electron chi connectivity index (χ4n) is 2.22. The van der Waals surface area contributed by atoms with Crippen LogP contribution in [0.1, 0.15) is 43.6 Å². The van der Waals surface area contributed by atoms with Gasteiger partial charge in [0, 0.05) is 12.1 Å². The third-order valence-corrected chi connectivity index (χ3v) is 4.41. The van der Waals surface area contributed by atoms with E-state index in [0.29, 0.717) is 5.47 Å². The Morgan fingerprint density at radius 3 is 2.26 bits per heavy atom. The van der Waals surface area contributed by atoms with Gasteiger partial charge >= 0.3 is 7.12 Å². The molecule has 0 radical (unpaired) electrons. The van der Waals surface area contributed by atoms with E-state index in [1.165, 1.54) is 12.1 Å². The van der Waals surface area contributed by atoms with Crippen LogP contribution in [-0.4, -0.2) is 31.2 Å². The van der Waals surface area contributed by atoms with Crippen molar-refractivity contribution in [2.24, 2.45) is 5.73 Å². The number of benzene rings is 1. The Bertz CT molecular complexity index is 643. The molecule has 0 unspecified atom stereocenters. The van der Waals surface area contributed by atoms with Crippen molar-refractivity contribution in [3.8, 4) is 0 Å². The summed E-state index contributed by atoms with van der Waals surface area (Å²) >= 11 is 0. The molecule has 1 heterocycles. The topological polar surface area (TPSA) is 61.5 Å². The number of carbonyl (C=O) groups is 1. The quantitative estimate of drug-likeness (QED) is 0.684. The summed E-state index contributed by atoms with van der Waals surface area (Å²) in [6.07, 6.45) is 1.59. The van der Waals surface area contributed by atoms with Gasteiger partial charge in [0.25, 0.3) is 0 Å². The van der Waals surface area contributed by atoms with E-state index in [1.807, 2.05) is 27.7 Å². The molecule has 0 saturated carbocycles. The van der Waals surface area contributed by atoms with Gasteiger partial charge in [-0.3, -0.25) is 4.79 Å². The maximum Gasteiger partial charge on any atom is 0.491 e. The van der Waals surface area contributed by atoms with Crippen LogP contribution < -0.4 is 5.73 Å². The lowest BCUT2D eigenvalue weighted by Gasteiger charge is -2.32. The minimum Gasteiger partial charge on any atom is -0.400 e. The third-order valence-electron chi connectivity index (χ3n) is 4.41. The predicted molar refractivity (Wildman–Crippen MR) is 84.9 cm³/mol. The highest BCUT2D eigenvalue weighted by atomic mass is 19.1. The summed E-state index contributed by atoms with van der Waals surface area (Å²) in [5.41, 5.74) is 4.58. The van der Waals surface area contributed by atoms with Crippen LogP contribution in [-0.2, 0) is 9.31 Å². The van der Waals surface area contributed by atoms with Crippen molar-refractivity contribution in [1.29, 1.82) is 0 Å². The van der Waals surface area contributed by atoms with Crippen molar-refractivity contribution in [2.75, 3.05) is 6.54 Å². The van der Waals surface area contributed by atoms with Crippen LogP contribution in [0.3, 0.4) is 0 Å². The van der Waals surface area contributed by atoms with Crippen LogP contribution in [0, 0.1) is 11.6 Å². The summed E-state index contributed by atoms with van der Waals surface area (Å²) < 4.78 is 39.3. The highest BCUT2D eigenvalue weighted by molar-refractivity contribution is 6.55. The van der Waals surface area contributed by atoms with Crippen LogP contribution in [0.25, 0.3) is 6.08 Å². The Labute approximate surface area is 134 Å². The summed E-state index contributed by atoms with van der Waals surface area (Å²) in [5, 5.41) is 0. The van der Waals surface area contributed by atoms with E-state index in [1.54, 1.807) is 0 Å². The van der Waals surface area contributed by atoms with E-state index >= 15 is 0 Å². The van der Waals surface area contributed by atoms with Gasteiger partial charge in [-0.05, 0) is 45.3 Å². The number of carbonyl (C=O) groups excluding carboxylic acids is 1. The summed E-state index contributed by atoms with van der Waals surface area (Å²) in [7, 11) is -0.728. The molecular formula is C16H20BF2NO3. The monoisotopic (exact) mass is 323 g/mol. The molecule has 2 N–H and O–H groups in total. The van der Waals surface area contributed by atoms with E-state index in [9.17, 15) is 13.6 Å². The van der Waals surface area contributed by atoms with Gasteiger partial charge < -0.3 is 15.0 Å². The molecule has 0 bridgehead atoms. The lowest BCUT2D eigenvalue weighted by Crippen LogP contribution is -2.41. The standard InChI is InChI=1S/C16H20BF2NO3/c1-15(2)16(3,4)23-17(22-15)11(8-20)7-10-5-6-13(18)12(9-21)14(10)19/h5-7,9H,8,20H2,1-4H3. The second-order valence-corrected chi connectivity index (χ2v) is 6.49. The molecule has 1 aliphatic heterocycles. The highest BCUT2D eigenvalue weighted by Gasteiger charge is 2.52. The molecular weight excluding hydrogens is 303 g/mol. The average molecular weight is 323 g/mol. The zero-order valence-corrected chi connectivity index (χ0v) is 13.7. The minimum atomic E-state index is -0.928. The molecule has 1 aliphatic rings. The maximum absolute atomic E-state index is 14.2. The first-order valence-electron chi connectivity index (χ1n) is 7.32. The van der Waals surface area contributed by atoms with Crippen molar-refractivity contribution in [1.82, 2.24) is 0 Å². The average Bonchev–Trinajstić information content (AvgIpc) is 2.67. The molecule has 1 saturated heterocycles. The van der Waals surface area contributed by atoms with Gasteiger partial charge in [0.2, 0.25) is 0 Å². The van der Waals surface area contributed by atoms with Crippen molar-refractivity contribution >= 4 is 19.5 Å². The minimum absolute atomic E-state index is 0.0589. The lowest BCUT2D eigenvalue weighted by atomic mass is 9.77. The number of aldehydes is 1. The van der Waals surface area contributed by atoms with Crippen LogP contribution in [0.4, 0.5) is 8.78 Å². The van der Waals surface area contributed by atoms with Crippen molar-refractivity contribution in [3.05, 3.63) is 40.4 Å².